The Bertz CT molecular complexity index is 736. The van der Waals surface area contributed by atoms with Crippen molar-refractivity contribution in [2.45, 2.75) is 6.92 Å². The van der Waals surface area contributed by atoms with Gasteiger partial charge in [0.25, 0.3) is 5.91 Å². The highest BCUT2D eigenvalue weighted by Crippen LogP contribution is 2.20. The lowest BCUT2D eigenvalue weighted by atomic mass is 10.2. The van der Waals surface area contributed by atoms with Crippen LogP contribution in [0.1, 0.15) is 15.2 Å². The van der Waals surface area contributed by atoms with E-state index in [9.17, 15) is 13.2 Å². The van der Waals surface area contributed by atoms with Gasteiger partial charge in [-0.3, -0.25) is 9.52 Å². The van der Waals surface area contributed by atoms with Gasteiger partial charge in [-0.05, 0) is 42.1 Å². The molecule has 1 aromatic carbocycles. The van der Waals surface area contributed by atoms with Gasteiger partial charge in [-0.1, -0.05) is 6.07 Å². The van der Waals surface area contributed by atoms with Crippen molar-refractivity contribution in [2.75, 3.05) is 16.3 Å². The van der Waals surface area contributed by atoms with E-state index in [0.717, 1.165) is 11.8 Å². The van der Waals surface area contributed by atoms with Gasteiger partial charge in [-0.15, -0.1) is 11.3 Å². The topological polar surface area (TPSA) is 75.3 Å². The van der Waals surface area contributed by atoms with E-state index in [-0.39, 0.29) is 5.91 Å². The fraction of sp³-hybridized carbons (Fsp3) is 0.154. The first-order valence-electron chi connectivity index (χ1n) is 5.78. The van der Waals surface area contributed by atoms with Gasteiger partial charge < -0.3 is 5.32 Å². The predicted octanol–water partition coefficient (Wildman–Crippen LogP) is 2.68. The van der Waals surface area contributed by atoms with Crippen LogP contribution in [0.2, 0.25) is 0 Å². The van der Waals surface area contributed by atoms with E-state index < -0.39 is 10.0 Å². The van der Waals surface area contributed by atoms with Crippen molar-refractivity contribution in [3.63, 3.8) is 0 Å². The van der Waals surface area contributed by atoms with E-state index in [2.05, 4.69) is 10.0 Å². The third kappa shape index (κ3) is 3.82. The largest absolute Gasteiger partial charge is 0.321 e. The molecule has 0 radical (unpaired) electrons. The third-order valence-electron chi connectivity index (χ3n) is 2.49. The molecule has 1 amide bonds. The molecule has 2 N–H and O–H groups in total. The van der Waals surface area contributed by atoms with Gasteiger partial charge in [0.1, 0.15) is 0 Å². The normalized spacial score (nSPS) is 11.1. The lowest BCUT2D eigenvalue weighted by Crippen LogP contribution is -2.12. The lowest BCUT2D eigenvalue weighted by Gasteiger charge is -2.08. The van der Waals surface area contributed by atoms with Gasteiger partial charge in [0, 0.05) is 5.69 Å². The van der Waals surface area contributed by atoms with E-state index in [1.165, 1.54) is 11.3 Å². The van der Waals surface area contributed by atoms with Crippen molar-refractivity contribution >= 4 is 38.6 Å². The molecule has 7 heteroatoms. The molecule has 5 nitrogen and oxygen atoms in total. The molecule has 20 heavy (non-hydrogen) atoms. The fourth-order valence-electron chi connectivity index (χ4n) is 1.67. The first-order chi connectivity index (χ1) is 9.35. The summed E-state index contributed by atoms with van der Waals surface area (Å²) in [4.78, 5) is 12.7. The molecule has 0 saturated heterocycles. The number of amides is 1. The van der Waals surface area contributed by atoms with Crippen LogP contribution >= 0.6 is 11.3 Å². The van der Waals surface area contributed by atoms with Gasteiger partial charge in [0.15, 0.2) is 0 Å². The number of benzene rings is 1. The summed E-state index contributed by atoms with van der Waals surface area (Å²) in [6, 6.07) is 8.44. The van der Waals surface area contributed by atoms with Crippen molar-refractivity contribution in [1.29, 1.82) is 0 Å². The molecular formula is C13H14N2O3S2. The minimum absolute atomic E-state index is 0.200. The van der Waals surface area contributed by atoms with E-state index in [0.29, 0.717) is 16.3 Å². The van der Waals surface area contributed by atoms with E-state index in [4.69, 9.17) is 0 Å². The van der Waals surface area contributed by atoms with Crippen LogP contribution in [0.5, 0.6) is 0 Å². The highest BCUT2D eigenvalue weighted by molar-refractivity contribution is 7.92. The van der Waals surface area contributed by atoms with Crippen LogP contribution in [0, 0.1) is 6.92 Å². The number of thiophene rings is 1. The number of aryl methyl sites for hydroxylation is 1. The maximum absolute atomic E-state index is 12.1. The maximum atomic E-state index is 12.1. The summed E-state index contributed by atoms with van der Waals surface area (Å²) in [5.41, 5.74) is 1.86. The number of carbonyl (C=O) groups excluding carboxylic acids is 1. The summed E-state index contributed by atoms with van der Waals surface area (Å²) >= 11 is 1.37. The molecule has 1 aromatic heterocycles. The van der Waals surface area contributed by atoms with Gasteiger partial charge in [0.05, 0.1) is 16.8 Å². The standard InChI is InChI=1S/C13H14N2O3S2/c1-9-6-7-19-12(9)13(16)14-10-4-3-5-11(8-10)15-20(2,17)18/h3-8,15H,1-2H3,(H,14,16). The van der Waals surface area contributed by atoms with Crippen molar-refractivity contribution in [2.24, 2.45) is 0 Å². The Morgan fingerprint density at radius 3 is 2.50 bits per heavy atom. The monoisotopic (exact) mass is 310 g/mol. The molecule has 0 fully saturated rings. The second-order valence-electron chi connectivity index (χ2n) is 4.34. The minimum Gasteiger partial charge on any atom is -0.321 e. The van der Waals surface area contributed by atoms with E-state index >= 15 is 0 Å². The molecule has 2 aromatic rings. The Labute approximate surface area is 121 Å². The van der Waals surface area contributed by atoms with Gasteiger partial charge in [0.2, 0.25) is 10.0 Å². The first kappa shape index (κ1) is 14.5. The van der Waals surface area contributed by atoms with Gasteiger partial charge in [-0.25, -0.2) is 8.42 Å². The molecular weight excluding hydrogens is 296 g/mol. The summed E-state index contributed by atoms with van der Waals surface area (Å²) in [6.07, 6.45) is 1.08. The Hall–Kier alpha value is -1.86. The Kier molecular flexibility index (Phi) is 4.10. The highest BCUT2D eigenvalue weighted by Gasteiger charge is 2.11. The first-order valence-corrected chi connectivity index (χ1v) is 8.55. The average molecular weight is 310 g/mol. The van der Waals surface area contributed by atoms with Crippen LogP contribution < -0.4 is 10.0 Å². The second kappa shape index (κ2) is 5.64. The quantitative estimate of drug-likeness (QED) is 0.911. The number of hydrogen-bond donors (Lipinski definition) is 2. The molecule has 0 unspecified atom stereocenters. The number of hydrogen-bond acceptors (Lipinski definition) is 4. The lowest BCUT2D eigenvalue weighted by molar-refractivity contribution is 0.103. The molecule has 0 atom stereocenters. The summed E-state index contributed by atoms with van der Waals surface area (Å²) < 4.78 is 24.7. The molecule has 0 aliphatic carbocycles. The Morgan fingerprint density at radius 1 is 1.20 bits per heavy atom. The van der Waals surface area contributed by atoms with Crippen LogP contribution in [-0.4, -0.2) is 20.6 Å². The molecule has 2 rings (SSSR count). The zero-order chi connectivity index (χ0) is 14.8. The van der Waals surface area contributed by atoms with Crippen LogP contribution in [0.25, 0.3) is 0 Å². The van der Waals surface area contributed by atoms with Crippen molar-refractivity contribution in [3.8, 4) is 0 Å². The summed E-state index contributed by atoms with van der Waals surface area (Å²) in [6.45, 7) is 1.87. The van der Waals surface area contributed by atoms with E-state index in [1.54, 1.807) is 24.3 Å². The molecule has 0 aliphatic rings. The summed E-state index contributed by atoms with van der Waals surface area (Å²) in [5.74, 6) is -0.200. The number of sulfonamides is 1. The van der Waals surface area contributed by atoms with Gasteiger partial charge in [-0.2, -0.15) is 0 Å². The Balaban J connectivity index is 2.16. The third-order valence-corrected chi connectivity index (χ3v) is 4.11. The van der Waals surface area contributed by atoms with Crippen molar-refractivity contribution in [3.05, 3.63) is 46.2 Å². The number of rotatable bonds is 4. The Morgan fingerprint density at radius 2 is 1.90 bits per heavy atom. The highest BCUT2D eigenvalue weighted by atomic mass is 32.2. The summed E-state index contributed by atoms with van der Waals surface area (Å²) in [7, 11) is -3.33. The number of anilines is 2. The SMILES string of the molecule is Cc1ccsc1C(=O)Nc1cccc(NS(C)(=O)=O)c1. The van der Waals surface area contributed by atoms with Gasteiger partial charge >= 0.3 is 0 Å². The molecule has 0 saturated carbocycles. The molecule has 0 aliphatic heterocycles. The van der Waals surface area contributed by atoms with Crippen LogP contribution in [-0.2, 0) is 10.0 Å². The minimum atomic E-state index is -3.33. The number of carbonyl (C=O) groups is 1. The smallest absolute Gasteiger partial charge is 0.265 e. The molecule has 1 heterocycles. The zero-order valence-electron chi connectivity index (χ0n) is 11.0. The predicted molar refractivity (Wildman–Crippen MR) is 81.9 cm³/mol. The summed E-state index contributed by atoms with van der Waals surface area (Å²) in [5, 5.41) is 4.60. The average Bonchev–Trinajstić information content (AvgIpc) is 2.73. The van der Waals surface area contributed by atoms with Crippen LogP contribution in [0.15, 0.2) is 35.7 Å². The van der Waals surface area contributed by atoms with E-state index in [1.807, 2.05) is 18.4 Å². The zero-order valence-corrected chi connectivity index (χ0v) is 12.6. The van der Waals surface area contributed by atoms with Crippen LogP contribution in [0.4, 0.5) is 11.4 Å². The molecule has 0 bridgehead atoms. The molecule has 0 spiro atoms. The molecule has 106 valence electrons. The maximum Gasteiger partial charge on any atom is 0.265 e. The van der Waals surface area contributed by atoms with Crippen molar-refractivity contribution in [1.82, 2.24) is 0 Å². The van der Waals surface area contributed by atoms with Crippen molar-refractivity contribution < 1.29 is 13.2 Å². The van der Waals surface area contributed by atoms with Crippen LogP contribution in [0.3, 0.4) is 0 Å². The fourth-order valence-corrected chi connectivity index (χ4v) is 3.04. The number of nitrogens with one attached hydrogen (secondary N) is 2. The second-order valence-corrected chi connectivity index (χ2v) is 7.01.